The summed E-state index contributed by atoms with van der Waals surface area (Å²) in [6.07, 6.45) is 3.09. The number of hydrogen-bond acceptors (Lipinski definition) is 6. The molecule has 186 valence electrons. The van der Waals surface area contributed by atoms with E-state index in [1.165, 1.54) is 0 Å². The molecule has 4 aromatic rings. The lowest BCUT2D eigenvalue weighted by Crippen LogP contribution is -2.32. The van der Waals surface area contributed by atoms with Crippen LogP contribution in [0.3, 0.4) is 0 Å². The molecule has 9 heteroatoms. The summed E-state index contributed by atoms with van der Waals surface area (Å²) in [5.41, 5.74) is 4.93. The highest BCUT2D eigenvalue weighted by atomic mass is 32.1. The quantitative estimate of drug-likeness (QED) is 0.332. The number of H-pyrrole nitrogens is 1. The van der Waals surface area contributed by atoms with Crippen LogP contribution in [-0.2, 0) is 19.4 Å². The maximum Gasteiger partial charge on any atom is 0.439 e. The van der Waals surface area contributed by atoms with Gasteiger partial charge in [0.2, 0.25) is 0 Å². The topological polar surface area (TPSA) is 106 Å². The number of thiocarbonyl (C=S) groups is 1. The monoisotopic (exact) mass is 503 g/mol. The maximum absolute atomic E-state index is 13.5. The Balaban J connectivity index is 1.68. The number of aromatic amines is 1. The Morgan fingerprint density at radius 2 is 1.83 bits per heavy atom. The van der Waals surface area contributed by atoms with E-state index < -0.39 is 5.76 Å². The molecule has 0 aliphatic heterocycles. The molecule has 36 heavy (non-hydrogen) atoms. The summed E-state index contributed by atoms with van der Waals surface area (Å²) >= 11 is 5.32. The summed E-state index contributed by atoms with van der Waals surface area (Å²) < 4.78 is 6.46. The Kier molecular flexibility index (Phi) is 7.90. The molecular weight excluding hydrogens is 474 g/mol. The number of nitrogens with zero attached hydrogens (tertiary/aromatic N) is 3. The average Bonchev–Trinajstić information content (AvgIpc) is 3.33. The highest BCUT2D eigenvalue weighted by Crippen LogP contribution is 2.30. The molecule has 0 saturated heterocycles. The first-order chi connectivity index (χ1) is 17.4. The van der Waals surface area contributed by atoms with Crippen LogP contribution in [0.2, 0.25) is 0 Å². The van der Waals surface area contributed by atoms with E-state index in [0.29, 0.717) is 29.3 Å². The minimum absolute atomic E-state index is 0.0457. The van der Waals surface area contributed by atoms with Crippen LogP contribution in [0.1, 0.15) is 42.4 Å². The van der Waals surface area contributed by atoms with Crippen molar-refractivity contribution in [1.82, 2.24) is 25.0 Å². The van der Waals surface area contributed by atoms with Gasteiger partial charge in [-0.25, -0.2) is 9.78 Å². The highest BCUT2D eigenvalue weighted by Gasteiger charge is 2.16. The van der Waals surface area contributed by atoms with Crippen LogP contribution in [0.5, 0.6) is 0 Å². The van der Waals surface area contributed by atoms with Gasteiger partial charge in [-0.2, -0.15) is 0 Å². The fraction of sp³-hybridized carbons (Fsp3) is 0.296. The molecule has 0 spiro atoms. The molecule has 4 rings (SSSR count). The van der Waals surface area contributed by atoms with Crippen LogP contribution < -0.4 is 16.6 Å². The van der Waals surface area contributed by atoms with E-state index in [9.17, 15) is 9.59 Å². The molecule has 0 fully saturated rings. The molecule has 2 aromatic heterocycles. The van der Waals surface area contributed by atoms with Gasteiger partial charge in [-0.05, 0) is 30.0 Å². The van der Waals surface area contributed by atoms with Gasteiger partial charge in [0.1, 0.15) is 5.82 Å². The van der Waals surface area contributed by atoms with Crippen LogP contribution >= 0.6 is 12.2 Å². The summed E-state index contributed by atoms with van der Waals surface area (Å²) in [6.45, 7) is 4.42. The highest BCUT2D eigenvalue weighted by molar-refractivity contribution is 7.80. The zero-order chi connectivity index (χ0) is 25.7. The van der Waals surface area contributed by atoms with Crippen LogP contribution in [0, 0.1) is 6.92 Å². The largest absolute Gasteiger partial charge is 0.439 e. The third kappa shape index (κ3) is 5.52. The second kappa shape index (κ2) is 11.3. The van der Waals surface area contributed by atoms with E-state index in [1.807, 2.05) is 55.5 Å². The predicted octanol–water partition coefficient (Wildman–Crippen LogP) is 4.04. The molecule has 0 radical (unpaired) electrons. The van der Waals surface area contributed by atoms with E-state index in [4.69, 9.17) is 17.2 Å². The van der Waals surface area contributed by atoms with E-state index in [0.717, 1.165) is 53.0 Å². The van der Waals surface area contributed by atoms with E-state index in [2.05, 4.69) is 26.9 Å². The molecule has 0 amide bonds. The van der Waals surface area contributed by atoms with Gasteiger partial charge in [0.15, 0.2) is 5.82 Å². The van der Waals surface area contributed by atoms with Crippen LogP contribution in [-0.4, -0.2) is 31.7 Å². The van der Waals surface area contributed by atoms with E-state index in [1.54, 1.807) is 11.6 Å². The van der Waals surface area contributed by atoms with Gasteiger partial charge in [-0.3, -0.25) is 18.9 Å². The molecular formula is C27H29N5O3S. The van der Waals surface area contributed by atoms with Crippen molar-refractivity contribution >= 4 is 17.2 Å². The molecule has 0 bridgehead atoms. The van der Waals surface area contributed by atoms with Crippen molar-refractivity contribution in [1.29, 1.82) is 0 Å². The average molecular weight is 504 g/mol. The number of aryl methyl sites for hydroxylation is 2. The molecule has 2 N–H and O–H groups in total. The fourth-order valence-electron chi connectivity index (χ4n) is 4.16. The van der Waals surface area contributed by atoms with Crippen molar-refractivity contribution in [3.63, 3.8) is 0 Å². The lowest BCUT2D eigenvalue weighted by atomic mass is 9.98. The zero-order valence-electron chi connectivity index (χ0n) is 20.6. The summed E-state index contributed by atoms with van der Waals surface area (Å²) in [4.78, 5) is 33.0. The zero-order valence-corrected chi connectivity index (χ0v) is 21.4. The van der Waals surface area contributed by atoms with Crippen molar-refractivity contribution in [3.8, 4) is 22.5 Å². The minimum atomic E-state index is -0.596. The van der Waals surface area contributed by atoms with Crippen LogP contribution in [0.15, 0.2) is 62.6 Å². The Labute approximate surface area is 214 Å². The molecule has 0 unspecified atom stereocenters. The lowest BCUT2D eigenvalue weighted by Gasteiger charge is -2.16. The standard InChI is InChI=1S/C27H29N5O3S/c1-4-5-10-23-29-17(2)22(15-24(36)28-3)26(33)32(23)16-18-11-13-19(14-12-18)20-8-6-7-9-21(20)25-30-27(34)35-31-25/h6-9,11-14H,4-5,10,15-16H2,1-3H3,(H,28,36)(H,30,31,34). The molecule has 8 nitrogen and oxygen atoms in total. The number of nitrogens with one attached hydrogen (secondary N) is 2. The summed E-state index contributed by atoms with van der Waals surface area (Å²) in [5.74, 6) is 0.577. The first kappa shape index (κ1) is 25.2. The van der Waals surface area contributed by atoms with Crippen molar-refractivity contribution < 1.29 is 4.52 Å². The number of hydrogen-bond donors (Lipinski definition) is 2. The number of rotatable bonds is 9. The smallest absolute Gasteiger partial charge is 0.382 e. The van der Waals surface area contributed by atoms with Crippen molar-refractivity contribution in [2.75, 3.05) is 7.05 Å². The van der Waals surface area contributed by atoms with Gasteiger partial charge < -0.3 is 5.32 Å². The molecule has 0 atom stereocenters. The number of benzene rings is 2. The maximum atomic E-state index is 13.5. The second-order valence-electron chi connectivity index (χ2n) is 8.62. The minimum Gasteiger partial charge on any atom is -0.382 e. The van der Waals surface area contributed by atoms with E-state index in [-0.39, 0.29) is 5.56 Å². The van der Waals surface area contributed by atoms with Gasteiger partial charge in [0.05, 0.1) is 11.5 Å². The normalized spacial score (nSPS) is 11.0. The third-order valence-corrected chi connectivity index (χ3v) is 6.50. The Hall–Kier alpha value is -3.85. The second-order valence-corrected chi connectivity index (χ2v) is 9.12. The molecule has 0 aliphatic carbocycles. The number of unbranched alkanes of at least 4 members (excludes halogenated alkanes) is 1. The number of aromatic nitrogens is 4. The molecule has 2 aromatic carbocycles. The fourth-order valence-corrected chi connectivity index (χ4v) is 4.30. The Morgan fingerprint density at radius 3 is 2.47 bits per heavy atom. The summed E-state index contributed by atoms with van der Waals surface area (Å²) in [5, 5.41) is 6.78. The summed E-state index contributed by atoms with van der Waals surface area (Å²) in [7, 11) is 1.76. The van der Waals surface area contributed by atoms with Gasteiger partial charge in [0.25, 0.3) is 5.56 Å². The SMILES string of the molecule is CCCCc1nc(C)c(CC(=S)NC)c(=O)n1Cc1ccc(-c2ccccc2-c2noc(=O)[nH]2)cc1. The van der Waals surface area contributed by atoms with Gasteiger partial charge >= 0.3 is 5.76 Å². The van der Waals surface area contributed by atoms with Crippen LogP contribution in [0.4, 0.5) is 0 Å². The van der Waals surface area contributed by atoms with Crippen molar-refractivity contribution in [2.45, 2.75) is 46.1 Å². The Morgan fingerprint density at radius 1 is 1.11 bits per heavy atom. The molecule has 2 heterocycles. The first-order valence-corrected chi connectivity index (χ1v) is 12.4. The van der Waals surface area contributed by atoms with Crippen molar-refractivity contribution in [2.24, 2.45) is 0 Å². The Bertz CT molecular complexity index is 1480. The van der Waals surface area contributed by atoms with E-state index >= 15 is 0 Å². The van der Waals surface area contributed by atoms with Crippen molar-refractivity contribution in [3.05, 3.63) is 92.1 Å². The van der Waals surface area contributed by atoms with Gasteiger partial charge in [0, 0.05) is 36.7 Å². The van der Waals surface area contributed by atoms with Crippen LogP contribution in [0.25, 0.3) is 22.5 Å². The van der Waals surface area contributed by atoms with Gasteiger partial charge in [-0.1, -0.05) is 79.3 Å². The van der Waals surface area contributed by atoms with Gasteiger partial charge in [-0.15, -0.1) is 0 Å². The first-order valence-electron chi connectivity index (χ1n) is 12.0. The summed E-state index contributed by atoms with van der Waals surface area (Å²) in [6, 6.07) is 15.7. The lowest BCUT2D eigenvalue weighted by molar-refractivity contribution is 0.388. The third-order valence-electron chi connectivity index (χ3n) is 6.15. The predicted molar refractivity (Wildman–Crippen MR) is 144 cm³/mol. The number of likely N-dealkylation sites (N-methyl/N-ethyl adjacent to an activating group) is 1. The molecule has 0 saturated carbocycles. The molecule has 0 aliphatic rings.